The maximum atomic E-state index is 13.5. The highest BCUT2D eigenvalue weighted by atomic mass is 19.1. The molecule has 0 saturated heterocycles. The Kier molecular flexibility index (Phi) is 2.60. The number of aromatic nitrogens is 2. The highest BCUT2D eigenvalue weighted by molar-refractivity contribution is 5.41. The fourth-order valence-electron chi connectivity index (χ4n) is 1.49. The van der Waals surface area contributed by atoms with Gasteiger partial charge in [0.1, 0.15) is 17.3 Å². The number of aryl methyl sites for hydroxylation is 1. The third-order valence-electron chi connectivity index (χ3n) is 2.28. The molecule has 5 heteroatoms. The van der Waals surface area contributed by atoms with E-state index >= 15 is 0 Å². The van der Waals surface area contributed by atoms with Gasteiger partial charge in [-0.3, -0.25) is 0 Å². The molecule has 0 radical (unpaired) electrons. The molecule has 0 saturated carbocycles. The molecule has 0 aliphatic heterocycles. The number of rotatable bonds is 2. The van der Waals surface area contributed by atoms with Crippen LogP contribution in [-0.4, -0.2) is 16.8 Å². The van der Waals surface area contributed by atoms with Gasteiger partial charge in [0.05, 0.1) is 0 Å². The van der Waals surface area contributed by atoms with E-state index in [1.54, 1.807) is 20.0 Å². The van der Waals surface area contributed by atoms with Crippen LogP contribution in [0.15, 0.2) is 24.3 Å². The fourth-order valence-corrected chi connectivity index (χ4v) is 1.49. The summed E-state index contributed by atoms with van der Waals surface area (Å²) in [6.45, 7) is 1.80. The highest BCUT2D eigenvalue weighted by Crippen LogP contribution is 2.18. The van der Waals surface area contributed by atoms with E-state index < -0.39 is 11.6 Å². The largest absolute Gasteiger partial charge is 0.372 e. The van der Waals surface area contributed by atoms with Gasteiger partial charge in [-0.15, -0.1) is 0 Å². The SMILES string of the molecule is CNc1cc(C)n(-c2ccc(F)cc2F)n1. The highest BCUT2D eigenvalue weighted by Gasteiger charge is 2.10. The number of nitrogens with zero attached hydrogens (tertiary/aromatic N) is 2. The minimum absolute atomic E-state index is 0.236. The molecule has 0 fully saturated rings. The van der Waals surface area contributed by atoms with Crippen LogP contribution in [0.3, 0.4) is 0 Å². The second-order valence-electron chi connectivity index (χ2n) is 3.43. The molecule has 1 aromatic carbocycles. The van der Waals surface area contributed by atoms with Crippen LogP contribution in [-0.2, 0) is 0 Å². The minimum atomic E-state index is -0.631. The van der Waals surface area contributed by atoms with Crippen molar-refractivity contribution < 1.29 is 8.78 Å². The summed E-state index contributed by atoms with van der Waals surface area (Å²) in [7, 11) is 1.73. The van der Waals surface area contributed by atoms with Crippen LogP contribution < -0.4 is 5.32 Å². The van der Waals surface area contributed by atoms with E-state index in [4.69, 9.17) is 0 Å². The van der Waals surface area contributed by atoms with Crippen molar-refractivity contribution in [2.75, 3.05) is 12.4 Å². The summed E-state index contributed by atoms with van der Waals surface area (Å²) in [5.41, 5.74) is 1.01. The van der Waals surface area contributed by atoms with Gasteiger partial charge in [-0.1, -0.05) is 0 Å². The lowest BCUT2D eigenvalue weighted by molar-refractivity contribution is 0.572. The first-order valence-corrected chi connectivity index (χ1v) is 4.81. The Bertz CT molecular complexity index is 520. The van der Waals surface area contributed by atoms with Crippen LogP contribution >= 0.6 is 0 Å². The molecule has 16 heavy (non-hydrogen) atoms. The van der Waals surface area contributed by atoms with E-state index in [-0.39, 0.29) is 5.69 Å². The summed E-state index contributed by atoms with van der Waals surface area (Å²) < 4.78 is 27.7. The van der Waals surface area contributed by atoms with Crippen molar-refractivity contribution in [1.29, 1.82) is 0 Å². The van der Waals surface area contributed by atoms with Crippen molar-refractivity contribution in [1.82, 2.24) is 9.78 Å². The number of hydrogen-bond donors (Lipinski definition) is 1. The monoisotopic (exact) mass is 223 g/mol. The van der Waals surface area contributed by atoms with Crippen molar-refractivity contribution in [2.45, 2.75) is 6.92 Å². The van der Waals surface area contributed by atoms with E-state index in [0.717, 1.165) is 11.8 Å². The van der Waals surface area contributed by atoms with E-state index in [2.05, 4.69) is 10.4 Å². The smallest absolute Gasteiger partial charge is 0.151 e. The Morgan fingerprint density at radius 1 is 1.25 bits per heavy atom. The molecular formula is C11H11F2N3. The van der Waals surface area contributed by atoms with Gasteiger partial charge in [0, 0.05) is 24.9 Å². The third-order valence-corrected chi connectivity index (χ3v) is 2.28. The van der Waals surface area contributed by atoms with Crippen molar-refractivity contribution >= 4 is 5.82 Å². The van der Waals surface area contributed by atoms with Crippen LogP contribution in [0.2, 0.25) is 0 Å². The van der Waals surface area contributed by atoms with Crippen LogP contribution in [0.25, 0.3) is 5.69 Å². The number of benzene rings is 1. The lowest BCUT2D eigenvalue weighted by Gasteiger charge is -2.05. The van der Waals surface area contributed by atoms with Gasteiger partial charge in [-0.25, -0.2) is 13.5 Å². The van der Waals surface area contributed by atoms with Crippen molar-refractivity contribution in [3.05, 3.63) is 41.6 Å². The lowest BCUT2D eigenvalue weighted by Crippen LogP contribution is -2.02. The summed E-state index contributed by atoms with van der Waals surface area (Å²) in [5.74, 6) is -0.588. The summed E-state index contributed by atoms with van der Waals surface area (Å²) in [4.78, 5) is 0. The first kappa shape index (κ1) is 10.6. The Balaban J connectivity index is 2.53. The first-order valence-electron chi connectivity index (χ1n) is 4.81. The number of anilines is 1. The Morgan fingerprint density at radius 2 is 2.00 bits per heavy atom. The van der Waals surface area contributed by atoms with Gasteiger partial charge < -0.3 is 5.32 Å². The Hall–Kier alpha value is -1.91. The lowest BCUT2D eigenvalue weighted by atomic mass is 10.3. The molecule has 0 unspecified atom stereocenters. The predicted octanol–water partition coefficient (Wildman–Crippen LogP) is 2.50. The second-order valence-corrected chi connectivity index (χ2v) is 3.43. The maximum Gasteiger partial charge on any atom is 0.151 e. The summed E-state index contributed by atoms with van der Waals surface area (Å²) in [6, 6.07) is 5.20. The molecule has 1 N–H and O–H groups in total. The zero-order valence-electron chi connectivity index (χ0n) is 8.96. The van der Waals surface area contributed by atoms with Gasteiger partial charge in [0.2, 0.25) is 0 Å². The van der Waals surface area contributed by atoms with Gasteiger partial charge in [0.15, 0.2) is 5.82 Å². The molecule has 2 aromatic rings. The normalized spacial score (nSPS) is 10.5. The average Bonchev–Trinajstić information content (AvgIpc) is 2.60. The second kappa shape index (κ2) is 3.92. The van der Waals surface area contributed by atoms with Gasteiger partial charge in [-0.2, -0.15) is 5.10 Å². The Morgan fingerprint density at radius 3 is 2.56 bits per heavy atom. The third kappa shape index (κ3) is 1.76. The molecule has 0 aliphatic carbocycles. The predicted molar refractivity (Wildman–Crippen MR) is 57.8 cm³/mol. The summed E-state index contributed by atoms with van der Waals surface area (Å²) in [6.07, 6.45) is 0. The van der Waals surface area contributed by atoms with Crippen molar-refractivity contribution in [2.24, 2.45) is 0 Å². The van der Waals surface area contributed by atoms with Crippen LogP contribution in [0.1, 0.15) is 5.69 Å². The average molecular weight is 223 g/mol. The molecule has 2 rings (SSSR count). The topological polar surface area (TPSA) is 29.9 Å². The van der Waals surface area contributed by atoms with E-state index in [1.165, 1.54) is 16.8 Å². The molecule has 3 nitrogen and oxygen atoms in total. The number of hydrogen-bond acceptors (Lipinski definition) is 2. The standard InChI is InChI=1S/C11H11F2N3/c1-7-5-11(14-2)15-16(7)10-4-3-8(12)6-9(10)13/h3-6H,1-2H3,(H,14,15). The molecule has 0 spiro atoms. The minimum Gasteiger partial charge on any atom is -0.372 e. The molecule has 0 bridgehead atoms. The van der Waals surface area contributed by atoms with Crippen LogP contribution in [0.5, 0.6) is 0 Å². The number of nitrogens with one attached hydrogen (secondary N) is 1. The molecule has 1 aromatic heterocycles. The van der Waals surface area contributed by atoms with E-state index in [1.807, 2.05) is 0 Å². The molecular weight excluding hydrogens is 212 g/mol. The fraction of sp³-hybridized carbons (Fsp3) is 0.182. The number of halogens is 2. The quantitative estimate of drug-likeness (QED) is 0.847. The van der Waals surface area contributed by atoms with Crippen molar-refractivity contribution in [3.63, 3.8) is 0 Å². The maximum absolute atomic E-state index is 13.5. The zero-order chi connectivity index (χ0) is 11.7. The summed E-state index contributed by atoms with van der Waals surface area (Å²) in [5, 5.41) is 6.99. The zero-order valence-corrected chi connectivity index (χ0v) is 8.96. The Labute approximate surface area is 91.7 Å². The first-order chi connectivity index (χ1) is 7.61. The van der Waals surface area contributed by atoms with Gasteiger partial charge in [0.25, 0.3) is 0 Å². The molecule has 0 atom stereocenters. The molecule has 0 aliphatic rings. The van der Waals surface area contributed by atoms with Crippen molar-refractivity contribution in [3.8, 4) is 5.69 Å². The van der Waals surface area contributed by atoms with Crippen LogP contribution in [0, 0.1) is 18.6 Å². The van der Waals surface area contributed by atoms with E-state index in [9.17, 15) is 8.78 Å². The molecule has 1 heterocycles. The van der Waals surface area contributed by atoms with Gasteiger partial charge in [-0.05, 0) is 19.1 Å². The molecule has 0 amide bonds. The summed E-state index contributed by atoms with van der Waals surface area (Å²) >= 11 is 0. The molecule has 84 valence electrons. The van der Waals surface area contributed by atoms with E-state index in [0.29, 0.717) is 5.82 Å². The van der Waals surface area contributed by atoms with Crippen LogP contribution in [0.4, 0.5) is 14.6 Å². The van der Waals surface area contributed by atoms with Gasteiger partial charge >= 0.3 is 0 Å².